The van der Waals surface area contributed by atoms with Crippen molar-refractivity contribution >= 4 is 21.2 Å². The monoisotopic (exact) mass is 62.1 g/mol. The Labute approximate surface area is 35.5 Å². The molecule has 0 heterocycles. The van der Waals surface area contributed by atoms with E-state index in [2.05, 4.69) is 0 Å². The van der Waals surface area contributed by atoms with Crippen LogP contribution < -0.4 is 0 Å². The summed E-state index contributed by atoms with van der Waals surface area (Å²) in [6, 6.07) is 0. The molecule has 0 bridgehead atoms. The van der Waals surface area contributed by atoms with Gasteiger partial charge in [-0.15, -0.1) is 0 Å². The quantitative estimate of drug-likeness (QED) is 0.369. The van der Waals surface area contributed by atoms with Crippen molar-refractivity contribution in [3.63, 3.8) is 0 Å². The molecule has 0 saturated heterocycles. The molecule has 0 aromatic rings. The topological polar surface area (TPSA) is 0 Å². The van der Waals surface area contributed by atoms with Crippen molar-refractivity contribution in [2.24, 2.45) is 0 Å². The van der Waals surface area contributed by atoms with Gasteiger partial charge in [-0.25, -0.2) is 0 Å². The van der Waals surface area contributed by atoms with Gasteiger partial charge in [-0.1, -0.05) is 0 Å². The van der Waals surface area contributed by atoms with Crippen molar-refractivity contribution in [3.05, 3.63) is 0 Å². The zero-order valence-electron chi connectivity index (χ0n) is 3.44. The van der Waals surface area contributed by atoms with Crippen LogP contribution in [0.4, 0.5) is 0 Å². The number of rotatable bonds is 1. The summed E-state index contributed by atoms with van der Waals surface area (Å²) in [5.41, 5.74) is 0. The van der Waals surface area contributed by atoms with Crippen molar-refractivity contribution in [2.75, 3.05) is 0 Å². The second-order valence-corrected chi connectivity index (χ2v) is 0.836. The van der Waals surface area contributed by atoms with Crippen molar-refractivity contribution in [2.45, 2.75) is 13.2 Å². The normalized spacial score (nSPS) is 6.60. The Balaban J connectivity index is 2.62. The van der Waals surface area contributed by atoms with Crippen LogP contribution in [0.2, 0.25) is 6.32 Å². The van der Waals surface area contributed by atoms with Crippen LogP contribution in [-0.4, -0.2) is 21.2 Å². The van der Waals surface area contributed by atoms with Gasteiger partial charge in [0.15, 0.2) is 0 Å². The first-order valence-electron chi connectivity index (χ1n) is 1.78. The summed E-state index contributed by atoms with van der Waals surface area (Å²) < 4.78 is 0. The molecule has 0 amide bonds. The van der Waals surface area contributed by atoms with Crippen LogP contribution in [0.25, 0.3) is 0 Å². The molecule has 0 aliphatic heterocycles. The van der Waals surface area contributed by atoms with Crippen molar-refractivity contribution in [1.29, 1.82) is 0 Å². The van der Waals surface area contributed by atoms with Crippen LogP contribution in [0.15, 0.2) is 0 Å². The Kier molecular flexibility index (Phi) is 4.36. The molecular formula is C2H5B3. The Morgan fingerprint density at radius 1 is 1.80 bits per heavy atom. The number of hydrogen-bond acceptors (Lipinski definition) is 0. The van der Waals surface area contributed by atoms with E-state index in [1.807, 2.05) is 13.7 Å². The van der Waals surface area contributed by atoms with Crippen LogP contribution in [0.3, 0.4) is 0 Å². The van der Waals surface area contributed by atoms with E-state index >= 15 is 0 Å². The van der Waals surface area contributed by atoms with Gasteiger partial charge < -0.3 is 0 Å². The second-order valence-electron chi connectivity index (χ2n) is 0.836. The van der Waals surface area contributed by atoms with E-state index in [0.29, 0.717) is 0 Å². The summed E-state index contributed by atoms with van der Waals surface area (Å²) in [5, 5.41) is 0. The Hall–Kier alpha value is 0.195. The maximum atomic E-state index is 4.96. The predicted octanol–water partition coefficient (Wildman–Crippen LogP) is -0.169. The van der Waals surface area contributed by atoms with Crippen molar-refractivity contribution in [3.8, 4) is 0 Å². The average molecular weight is 61.5 g/mol. The maximum absolute atomic E-state index is 4.96. The third-order valence-corrected chi connectivity index (χ3v) is 0.372. The van der Waals surface area contributed by atoms with Crippen molar-refractivity contribution in [1.82, 2.24) is 0 Å². The van der Waals surface area contributed by atoms with E-state index in [9.17, 15) is 0 Å². The third kappa shape index (κ3) is 4.19. The van der Waals surface area contributed by atoms with E-state index in [1.54, 1.807) is 6.69 Å². The molecule has 0 saturated carbocycles. The van der Waals surface area contributed by atoms with Crippen LogP contribution in [0.1, 0.15) is 6.92 Å². The summed E-state index contributed by atoms with van der Waals surface area (Å²) >= 11 is 0. The molecule has 0 N–H and O–H groups in total. The van der Waals surface area contributed by atoms with Crippen LogP contribution in [0.5, 0.6) is 0 Å². The molecule has 0 atom stereocenters. The summed E-state index contributed by atoms with van der Waals surface area (Å²) in [6.07, 6.45) is 1.04. The van der Waals surface area contributed by atoms with E-state index in [4.69, 9.17) is 7.74 Å². The van der Waals surface area contributed by atoms with Crippen molar-refractivity contribution < 1.29 is 0 Å². The fourth-order valence-electron chi connectivity index (χ4n) is 0.136. The zero-order chi connectivity index (χ0) is 4.12. The van der Waals surface area contributed by atoms with E-state index in [1.165, 1.54) is 0 Å². The summed E-state index contributed by atoms with van der Waals surface area (Å²) in [7, 11) is 4.96. The first-order valence-corrected chi connectivity index (χ1v) is 1.78. The molecule has 0 aliphatic carbocycles. The van der Waals surface area contributed by atoms with E-state index in [-0.39, 0.29) is 0 Å². The first kappa shape index (κ1) is 5.19. The fraction of sp³-hybridized carbons (Fsp3) is 1.00. The average Bonchev–Trinajstić information content (AvgIpc) is 1.41. The van der Waals surface area contributed by atoms with E-state index in [0.717, 1.165) is 6.32 Å². The zero-order valence-corrected chi connectivity index (χ0v) is 3.44. The fourth-order valence-corrected chi connectivity index (χ4v) is 0.136. The molecule has 0 rings (SSSR count). The van der Waals surface area contributed by atoms with Crippen LogP contribution in [-0.2, 0) is 0 Å². The van der Waals surface area contributed by atoms with Gasteiger partial charge in [0.2, 0.25) is 0 Å². The van der Waals surface area contributed by atoms with Crippen LogP contribution >= 0.6 is 0 Å². The van der Waals surface area contributed by atoms with Gasteiger partial charge in [0.1, 0.15) is 0 Å². The molecule has 2 radical (unpaired) electrons. The number of hydrogen-bond donors (Lipinski definition) is 0. The Morgan fingerprint density at radius 3 is 2.40 bits per heavy atom. The third-order valence-electron chi connectivity index (χ3n) is 0.372. The molecule has 0 aromatic carbocycles. The molecule has 0 aliphatic rings. The molecule has 0 spiro atoms. The molecule has 5 heavy (non-hydrogen) atoms. The van der Waals surface area contributed by atoms with Gasteiger partial charge in [-0.2, -0.15) is 0 Å². The molecule has 0 nitrogen and oxygen atoms in total. The standard InChI is InChI=1S/C2H5B3/c1-2-4-5-3/h2H2,1H3. The Morgan fingerprint density at radius 2 is 2.40 bits per heavy atom. The van der Waals surface area contributed by atoms with Gasteiger partial charge in [-0.3, -0.25) is 0 Å². The molecule has 0 unspecified atom stereocenters. The molecule has 3 heteroatoms. The van der Waals surface area contributed by atoms with Gasteiger partial charge in [0, 0.05) is 0 Å². The van der Waals surface area contributed by atoms with Gasteiger partial charge in [0.05, 0.1) is 0 Å². The van der Waals surface area contributed by atoms with Gasteiger partial charge in [-0.05, 0) is 0 Å². The predicted molar refractivity (Wildman–Crippen MR) is 27.7 cm³/mol. The SMILES string of the molecule is [B]B=BCC. The summed E-state index contributed by atoms with van der Waals surface area (Å²) in [5.74, 6) is 0. The summed E-state index contributed by atoms with van der Waals surface area (Å²) in [6.45, 7) is 5.50. The van der Waals surface area contributed by atoms with Gasteiger partial charge >= 0.3 is 34.5 Å². The molecule has 0 aromatic heterocycles. The molecule has 22 valence electrons. The Bertz CT molecular complexity index is 31.9. The minimum absolute atomic E-state index is 1.04. The van der Waals surface area contributed by atoms with Gasteiger partial charge in [0.25, 0.3) is 0 Å². The van der Waals surface area contributed by atoms with E-state index < -0.39 is 0 Å². The second kappa shape index (κ2) is 4.19. The van der Waals surface area contributed by atoms with Crippen LogP contribution in [0, 0.1) is 0 Å². The molecule has 0 fully saturated rings. The minimum atomic E-state index is 1.04. The first-order chi connectivity index (χ1) is 2.41. The molecular weight excluding hydrogens is 56.5 g/mol. The summed E-state index contributed by atoms with van der Waals surface area (Å²) in [4.78, 5) is 0.